The van der Waals surface area contributed by atoms with Crippen LogP contribution in [0, 0.1) is 5.92 Å². The largest absolute Gasteiger partial charge is 0.445 e. The van der Waals surface area contributed by atoms with Gasteiger partial charge < -0.3 is 20.7 Å². The van der Waals surface area contributed by atoms with E-state index in [-0.39, 0.29) is 35.9 Å². The molecule has 3 rings (SSSR count). The highest BCUT2D eigenvalue weighted by Crippen LogP contribution is 2.18. The molecule has 0 radical (unpaired) electrons. The lowest BCUT2D eigenvalue weighted by Gasteiger charge is -2.31. The third-order valence-electron chi connectivity index (χ3n) is 4.72. The number of benzene rings is 1. The van der Waals surface area contributed by atoms with Crippen LogP contribution in [-0.2, 0) is 11.3 Å². The van der Waals surface area contributed by atoms with Gasteiger partial charge in [0.25, 0.3) is 5.91 Å². The molecule has 148 valence electrons. The number of piperidine rings is 1. The second kappa shape index (κ2) is 9.03. The third kappa shape index (κ3) is 5.09. The second-order valence-corrected chi connectivity index (χ2v) is 6.70. The molecule has 0 aliphatic carbocycles. The van der Waals surface area contributed by atoms with E-state index in [0.717, 1.165) is 24.6 Å². The van der Waals surface area contributed by atoms with E-state index in [0.29, 0.717) is 19.6 Å². The first kappa shape index (κ1) is 19.4. The van der Waals surface area contributed by atoms with Crippen LogP contribution in [0.25, 0.3) is 0 Å². The van der Waals surface area contributed by atoms with Crippen molar-refractivity contribution < 1.29 is 14.3 Å². The van der Waals surface area contributed by atoms with Crippen molar-refractivity contribution in [1.82, 2.24) is 20.2 Å². The van der Waals surface area contributed by atoms with E-state index >= 15 is 0 Å². The molecule has 2 heterocycles. The van der Waals surface area contributed by atoms with Crippen LogP contribution in [0.4, 0.5) is 10.6 Å². The highest BCUT2D eigenvalue weighted by molar-refractivity contribution is 5.97. The van der Waals surface area contributed by atoms with Crippen molar-refractivity contribution in [3.05, 3.63) is 58.1 Å². The predicted molar refractivity (Wildman–Crippen MR) is 103 cm³/mol. The van der Waals surface area contributed by atoms with E-state index in [1.807, 2.05) is 30.3 Å². The molecule has 0 unspecified atom stereocenters. The predicted octanol–water partition coefficient (Wildman–Crippen LogP) is 1.13. The number of rotatable bonds is 5. The van der Waals surface area contributed by atoms with Crippen molar-refractivity contribution in [1.29, 1.82) is 0 Å². The van der Waals surface area contributed by atoms with Gasteiger partial charge in [-0.3, -0.25) is 9.78 Å². The lowest BCUT2D eigenvalue weighted by atomic mass is 9.97. The fraction of sp³-hybridized carbons (Fsp3) is 0.368. The van der Waals surface area contributed by atoms with Crippen molar-refractivity contribution in [3.63, 3.8) is 0 Å². The second-order valence-electron chi connectivity index (χ2n) is 6.70. The molecule has 28 heavy (non-hydrogen) atoms. The van der Waals surface area contributed by atoms with E-state index < -0.39 is 5.69 Å². The number of hydrogen-bond donors (Lipinski definition) is 3. The summed E-state index contributed by atoms with van der Waals surface area (Å²) in [4.78, 5) is 42.9. The SMILES string of the molecule is Nc1[nH]c(=O)ncc1C(=O)NCC1CCN(C(=O)OCc2ccccc2)CC1. The number of H-pyrrole nitrogens is 1. The van der Waals surface area contributed by atoms with Crippen molar-refractivity contribution in [2.24, 2.45) is 5.92 Å². The zero-order valence-electron chi connectivity index (χ0n) is 15.4. The minimum Gasteiger partial charge on any atom is -0.445 e. The molecule has 1 aromatic heterocycles. The molecule has 1 fully saturated rings. The van der Waals surface area contributed by atoms with Crippen molar-refractivity contribution >= 4 is 17.8 Å². The summed E-state index contributed by atoms with van der Waals surface area (Å²) in [5.74, 6) is -0.140. The molecule has 2 amide bonds. The summed E-state index contributed by atoms with van der Waals surface area (Å²) in [5.41, 5.74) is 6.13. The average molecular weight is 385 g/mol. The number of aromatic amines is 1. The molecule has 4 N–H and O–H groups in total. The monoisotopic (exact) mass is 385 g/mol. The Labute approximate surface area is 161 Å². The minimum atomic E-state index is -0.597. The lowest BCUT2D eigenvalue weighted by molar-refractivity contribution is 0.0800. The number of nitrogens with two attached hydrogens (primary N) is 1. The van der Waals surface area contributed by atoms with Crippen molar-refractivity contribution in [3.8, 4) is 0 Å². The van der Waals surface area contributed by atoms with E-state index in [1.54, 1.807) is 4.90 Å². The van der Waals surface area contributed by atoms with Gasteiger partial charge in [0, 0.05) is 25.8 Å². The molecular formula is C19H23N5O4. The number of nitrogen functional groups attached to an aromatic ring is 1. The van der Waals surface area contributed by atoms with Gasteiger partial charge in [0.1, 0.15) is 12.4 Å². The Bertz CT molecular complexity index is 875. The summed E-state index contributed by atoms with van der Waals surface area (Å²) < 4.78 is 5.35. The number of hydrogen-bond acceptors (Lipinski definition) is 6. The smallest absolute Gasteiger partial charge is 0.410 e. The third-order valence-corrected chi connectivity index (χ3v) is 4.72. The molecule has 9 nitrogen and oxygen atoms in total. The number of nitrogens with zero attached hydrogens (tertiary/aromatic N) is 2. The Balaban J connectivity index is 1.40. The Morgan fingerprint density at radius 3 is 2.64 bits per heavy atom. The summed E-state index contributed by atoms with van der Waals surface area (Å²) >= 11 is 0. The Hall–Kier alpha value is -3.36. The van der Waals surface area contributed by atoms with Gasteiger partial charge in [-0.1, -0.05) is 30.3 Å². The molecular weight excluding hydrogens is 362 g/mol. The number of likely N-dealkylation sites (tertiary alicyclic amines) is 1. The van der Waals surface area contributed by atoms with Gasteiger partial charge >= 0.3 is 11.8 Å². The van der Waals surface area contributed by atoms with Gasteiger partial charge in [0.2, 0.25) is 0 Å². The fourth-order valence-corrected chi connectivity index (χ4v) is 3.05. The molecule has 0 saturated carbocycles. The molecule has 1 aromatic carbocycles. The lowest BCUT2D eigenvalue weighted by Crippen LogP contribution is -2.41. The van der Waals surface area contributed by atoms with Crippen LogP contribution in [0.2, 0.25) is 0 Å². The Kier molecular flexibility index (Phi) is 6.25. The molecule has 1 aliphatic heterocycles. The maximum atomic E-state index is 12.2. The first-order valence-electron chi connectivity index (χ1n) is 9.11. The van der Waals surface area contributed by atoms with Crippen LogP contribution in [0.3, 0.4) is 0 Å². The fourth-order valence-electron chi connectivity index (χ4n) is 3.05. The van der Waals surface area contributed by atoms with Crippen molar-refractivity contribution in [2.75, 3.05) is 25.4 Å². The van der Waals surface area contributed by atoms with Gasteiger partial charge in [-0.05, 0) is 24.3 Å². The van der Waals surface area contributed by atoms with Gasteiger partial charge in [-0.15, -0.1) is 0 Å². The maximum Gasteiger partial charge on any atom is 0.410 e. The number of carbonyl (C=O) groups excluding carboxylic acids is 2. The molecule has 0 atom stereocenters. The summed E-state index contributed by atoms with van der Waals surface area (Å²) in [6.07, 6.45) is 2.37. The topological polar surface area (TPSA) is 130 Å². The quantitative estimate of drug-likeness (QED) is 0.707. The Morgan fingerprint density at radius 2 is 1.96 bits per heavy atom. The highest BCUT2D eigenvalue weighted by Gasteiger charge is 2.24. The van der Waals surface area contributed by atoms with Gasteiger partial charge in [0.15, 0.2) is 0 Å². The maximum absolute atomic E-state index is 12.2. The van der Waals surface area contributed by atoms with E-state index in [2.05, 4.69) is 15.3 Å². The molecule has 0 bridgehead atoms. The van der Waals surface area contributed by atoms with Gasteiger partial charge in [0.05, 0.1) is 5.56 Å². The number of ether oxygens (including phenoxy) is 1. The summed E-state index contributed by atoms with van der Waals surface area (Å²) in [6.45, 7) is 1.88. The van der Waals surface area contributed by atoms with Crippen LogP contribution >= 0.6 is 0 Å². The van der Waals surface area contributed by atoms with Crippen LogP contribution in [0.15, 0.2) is 41.3 Å². The van der Waals surface area contributed by atoms with E-state index in [9.17, 15) is 14.4 Å². The summed E-state index contributed by atoms with van der Waals surface area (Å²) in [5, 5.41) is 2.80. The van der Waals surface area contributed by atoms with Gasteiger partial charge in [-0.2, -0.15) is 0 Å². The number of amides is 2. The normalized spacial score (nSPS) is 14.5. The molecule has 0 spiro atoms. The first-order chi connectivity index (χ1) is 13.5. The number of carbonyl (C=O) groups is 2. The number of anilines is 1. The molecule has 1 aliphatic rings. The van der Waals surface area contributed by atoms with E-state index in [4.69, 9.17) is 10.5 Å². The first-order valence-corrected chi connectivity index (χ1v) is 9.11. The molecule has 1 saturated heterocycles. The summed E-state index contributed by atoms with van der Waals surface area (Å²) in [7, 11) is 0. The average Bonchev–Trinajstić information content (AvgIpc) is 2.71. The van der Waals surface area contributed by atoms with Crippen LogP contribution in [0.5, 0.6) is 0 Å². The van der Waals surface area contributed by atoms with Gasteiger partial charge in [-0.25, -0.2) is 14.6 Å². The highest BCUT2D eigenvalue weighted by atomic mass is 16.6. The minimum absolute atomic E-state index is 0.00604. The van der Waals surface area contributed by atoms with Crippen molar-refractivity contribution in [2.45, 2.75) is 19.4 Å². The Morgan fingerprint density at radius 1 is 1.25 bits per heavy atom. The number of aromatic nitrogens is 2. The zero-order valence-corrected chi connectivity index (χ0v) is 15.4. The van der Waals surface area contributed by atoms with Crippen LogP contribution < -0.4 is 16.7 Å². The van der Waals surface area contributed by atoms with Crippen LogP contribution in [0.1, 0.15) is 28.8 Å². The summed E-state index contributed by atoms with van der Waals surface area (Å²) in [6, 6.07) is 9.54. The molecule has 2 aromatic rings. The van der Waals surface area contributed by atoms with Crippen LogP contribution in [-0.4, -0.2) is 46.5 Å². The number of nitrogens with one attached hydrogen (secondary N) is 2. The van der Waals surface area contributed by atoms with E-state index in [1.165, 1.54) is 0 Å². The molecule has 9 heteroatoms. The standard InChI is InChI=1S/C19H23N5O4/c20-16-15(11-22-18(26)23-16)17(25)21-10-13-6-8-24(9-7-13)19(27)28-12-14-4-2-1-3-5-14/h1-5,11,13H,6-10,12H2,(H,21,25)(H3,20,22,23,26). The zero-order chi connectivity index (χ0) is 19.9.